The number of fused-ring (bicyclic) bond motifs is 3. The lowest BCUT2D eigenvalue weighted by Crippen LogP contribution is -2.16. The maximum absolute atomic E-state index is 12.2. The van der Waals surface area contributed by atoms with Gasteiger partial charge in [0.2, 0.25) is 0 Å². The van der Waals surface area contributed by atoms with E-state index in [1.54, 1.807) is 30.6 Å². The summed E-state index contributed by atoms with van der Waals surface area (Å²) >= 11 is 6.05. The Labute approximate surface area is 150 Å². The van der Waals surface area contributed by atoms with Gasteiger partial charge in [-0.2, -0.15) is 0 Å². The van der Waals surface area contributed by atoms with Crippen LogP contribution in [0.5, 0.6) is 5.75 Å². The molecule has 0 saturated heterocycles. The second kappa shape index (κ2) is 6.06. The van der Waals surface area contributed by atoms with E-state index in [2.05, 4.69) is 20.0 Å². The fraction of sp³-hybridized carbons (Fsp3) is 0.0588. The number of nitrogens with one attached hydrogen (secondary N) is 1. The minimum absolute atomic E-state index is 0.296. The molecule has 0 aliphatic carbocycles. The van der Waals surface area contributed by atoms with Crippen molar-refractivity contribution in [2.75, 3.05) is 5.32 Å². The molecule has 0 aliphatic rings. The van der Waals surface area contributed by atoms with Gasteiger partial charge < -0.3 is 10.1 Å². The second-order valence-electron chi connectivity index (χ2n) is 5.41. The van der Waals surface area contributed by atoms with Gasteiger partial charge >= 0.3 is 6.36 Å². The molecule has 5 nitrogen and oxygen atoms in total. The van der Waals surface area contributed by atoms with Crippen molar-refractivity contribution >= 4 is 39.8 Å². The van der Waals surface area contributed by atoms with E-state index in [9.17, 15) is 13.2 Å². The molecule has 0 spiro atoms. The molecule has 4 rings (SSSR count). The molecule has 1 N–H and O–H groups in total. The third-order valence-electron chi connectivity index (χ3n) is 3.63. The molecular formula is C17H10ClF3N4O. The number of halogens is 4. The molecule has 4 aromatic rings. The Kier molecular flexibility index (Phi) is 3.84. The Hall–Kier alpha value is -3.00. The van der Waals surface area contributed by atoms with Gasteiger partial charge in [0.15, 0.2) is 11.5 Å². The lowest BCUT2D eigenvalue weighted by Gasteiger charge is -2.11. The highest BCUT2D eigenvalue weighted by Crippen LogP contribution is 2.28. The van der Waals surface area contributed by atoms with Gasteiger partial charge in [-0.15, -0.1) is 13.2 Å². The molecule has 0 unspecified atom stereocenters. The Morgan fingerprint density at radius 3 is 2.58 bits per heavy atom. The van der Waals surface area contributed by atoms with Gasteiger partial charge in [0.05, 0.1) is 11.0 Å². The van der Waals surface area contributed by atoms with Crippen LogP contribution in [-0.2, 0) is 0 Å². The van der Waals surface area contributed by atoms with Gasteiger partial charge in [-0.05, 0) is 42.5 Å². The minimum Gasteiger partial charge on any atom is -0.406 e. The molecule has 26 heavy (non-hydrogen) atoms. The van der Waals surface area contributed by atoms with Crippen molar-refractivity contribution in [1.29, 1.82) is 0 Å². The van der Waals surface area contributed by atoms with Gasteiger partial charge in [0.1, 0.15) is 5.75 Å². The number of hydrogen-bond acceptors (Lipinski definition) is 4. The summed E-state index contributed by atoms with van der Waals surface area (Å²) in [7, 11) is 0. The Morgan fingerprint density at radius 1 is 1.08 bits per heavy atom. The first-order chi connectivity index (χ1) is 12.4. The van der Waals surface area contributed by atoms with Crippen LogP contribution in [0.25, 0.3) is 16.7 Å². The van der Waals surface area contributed by atoms with E-state index >= 15 is 0 Å². The molecule has 0 saturated carbocycles. The fourth-order valence-electron chi connectivity index (χ4n) is 2.59. The molecule has 0 fully saturated rings. The van der Waals surface area contributed by atoms with Crippen molar-refractivity contribution in [3.63, 3.8) is 0 Å². The predicted octanol–water partition coefficient (Wildman–Crippen LogP) is 5.18. The monoisotopic (exact) mass is 378 g/mol. The third-order valence-corrected chi connectivity index (χ3v) is 3.87. The first-order valence-electron chi connectivity index (χ1n) is 7.44. The van der Waals surface area contributed by atoms with Crippen molar-refractivity contribution in [2.45, 2.75) is 6.36 Å². The van der Waals surface area contributed by atoms with E-state index in [4.69, 9.17) is 11.6 Å². The Balaban J connectivity index is 1.70. The molecule has 0 atom stereocenters. The van der Waals surface area contributed by atoms with Crippen LogP contribution in [0, 0.1) is 0 Å². The van der Waals surface area contributed by atoms with Crippen molar-refractivity contribution in [1.82, 2.24) is 14.4 Å². The lowest BCUT2D eigenvalue weighted by atomic mass is 10.3. The highest BCUT2D eigenvalue weighted by Gasteiger charge is 2.30. The van der Waals surface area contributed by atoms with Crippen molar-refractivity contribution in [3.8, 4) is 5.75 Å². The van der Waals surface area contributed by atoms with E-state index in [-0.39, 0.29) is 5.75 Å². The normalized spacial score (nSPS) is 11.8. The molecule has 2 aromatic carbocycles. The number of alkyl halides is 3. The number of benzene rings is 2. The number of rotatable bonds is 3. The molecule has 0 bridgehead atoms. The standard InChI is InChI=1S/C17H10ClF3N4O/c18-10-1-6-13-14(9-10)25-8-7-22-16(25)15(24-13)23-11-2-4-12(5-3-11)26-17(19,20)21/h1-9H,(H,23,24). The molecule has 0 aliphatic heterocycles. The summed E-state index contributed by atoms with van der Waals surface area (Å²) < 4.78 is 42.4. The Bertz CT molecular complexity index is 1090. The van der Waals surface area contributed by atoms with Crippen LogP contribution < -0.4 is 10.1 Å². The molecule has 132 valence electrons. The smallest absolute Gasteiger partial charge is 0.406 e. The van der Waals surface area contributed by atoms with Crippen LogP contribution in [0.4, 0.5) is 24.7 Å². The average molecular weight is 379 g/mol. The number of hydrogen-bond donors (Lipinski definition) is 1. The van der Waals surface area contributed by atoms with Crippen LogP contribution in [0.1, 0.15) is 0 Å². The summed E-state index contributed by atoms with van der Waals surface area (Å²) in [5, 5.41) is 3.64. The van der Waals surface area contributed by atoms with Gasteiger partial charge in [-0.25, -0.2) is 9.97 Å². The van der Waals surface area contributed by atoms with Crippen LogP contribution >= 0.6 is 11.6 Å². The summed E-state index contributed by atoms with van der Waals surface area (Å²) in [5.74, 6) is 0.171. The number of ether oxygens (including phenoxy) is 1. The van der Waals surface area contributed by atoms with Crippen LogP contribution in [0.15, 0.2) is 54.9 Å². The average Bonchev–Trinajstić information content (AvgIpc) is 3.06. The van der Waals surface area contributed by atoms with Gasteiger partial charge in [-0.3, -0.25) is 4.40 Å². The van der Waals surface area contributed by atoms with E-state index < -0.39 is 6.36 Å². The number of aromatic nitrogens is 3. The maximum Gasteiger partial charge on any atom is 0.573 e. The molecule has 0 radical (unpaired) electrons. The van der Waals surface area contributed by atoms with E-state index in [0.717, 1.165) is 5.52 Å². The number of anilines is 2. The van der Waals surface area contributed by atoms with Crippen molar-refractivity contribution in [2.24, 2.45) is 0 Å². The summed E-state index contributed by atoms with van der Waals surface area (Å²) in [4.78, 5) is 8.81. The zero-order chi connectivity index (χ0) is 18.3. The summed E-state index contributed by atoms with van der Waals surface area (Å²) in [6.07, 6.45) is -1.32. The minimum atomic E-state index is -4.72. The maximum atomic E-state index is 12.2. The van der Waals surface area contributed by atoms with Crippen LogP contribution in [0.3, 0.4) is 0 Å². The first-order valence-corrected chi connectivity index (χ1v) is 7.82. The van der Waals surface area contributed by atoms with Gasteiger partial charge in [0, 0.05) is 23.1 Å². The van der Waals surface area contributed by atoms with Crippen molar-refractivity contribution in [3.05, 3.63) is 59.9 Å². The third kappa shape index (κ3) is 3.23. The zero-order valence-electron chi connectivity index (χ0n) is 13.0. The zero-order valence-corrected chi connectivity index (χ0v) is 13.7. The molecule has 2 heterocycles. The molecule has 0 amide bonds. The first kappa shape index (κ1) is 16.5. The largest absolute Gasteiger partial charge is 0.573 e. The van der Waals surface area contributed by atoms with E-state index in [1.165, 1.54) is 24.3 Å². The number of nitrogens with zero attached hydrogens (tertiary/aromatic N) is 3. The fourth-order valence-corrected chi connectivity index (χ4v) is 2.75. The van der Waals surface area contributed by atoms with E-state index in [0.29, 0.717) is 27.7 Å². The molecular weight excluding hydrogens is 369 g/mol. The highest BCUT2D eigenvalue weighted by molar-refractivity contribution is 6.31. The van der Waals surface area contributed by atoms with Crippen molar-refractivity contribution < 1.29 is 17.9 Å². The summed E-state index contributed by atoms with van der Waals surface area (Å²) in [5.41, 5.74) is 2.60. The molecule has 9 heteroatoms. The van der Waals surface area contributed by atoms with Gasteiger partial charge in [-0.1, -0.05) is 11.6 Å². The second-order valence-corrected chi connectivity index (χ2v) is 5.85. The predicted molar refractivity (Wildman–Crippen MR) is 91.9 cm³/mol. The number of imidazole rings is 1. The van der Waals surface area contributed by atoms with Crippen LogP contribution in [0.2, 0.25) is 5.02 Å². The lowest BCUT2D eigenvalue weighted by molar-refractivity contribution is -0.274. The quantitative estimate of drug-likeness (QED) is 0.534. The SMILES string of the molecule is FC(F)(F)Oc1ccc(Nc2nc3ccc(Cl)cc3n3ccnc23)cc1. The van der Waals surface area contributed by atoms with Gasteiger partial charge in [0.25, 0.3) is 0 Å². The topological polar surface area (TPSA) is 51.5 Å². The summed E-state index contributed by atoms with van der Waals surface area (Å²) in [6.45, 7) is 0. The molecule has 2 aromatic heterocycles. The van der Waals surface area contributed by atoms with E-state index in [1.807, 2.05) is 4.40 Å². The van der Waals surface area contributed by atoms with Crippen LogP contribution in [-0.4, -0.2) is 20.7 Å². The summed E-state index contributed by atoms with van der Waals surface area (Å²) in [6, 6.07) is 10.7. The Morgan fingerprint density at radius 2 is 1.85 bits per heavy atom. The highest BCUT2D eigenvalue weighted by atomic mass is 35.5.